The number of phenols is 2. The predicted molar refractivity (Wildman–Crippen MR) is 118 cm³/mol. The van der Waals surface area contributed by atoms with Crippen LogP contribution in [-0.4, -0.2) is 38.1 Å². The van der Waals surface area contributed by atoms with Crippen molar-refractivity contribution in [2.24, 2.45) is 0 Å². The van der Waals surface area contributed by atoms with Gasteiger partial charge in [-0.3, -0.25) is 0 Å². The van der Waals surface area contributed by atoms with E-state index < -0.39 is 17.4 Å². The van der Waals surface area contributed by atoms with E-state index in [-0.39, 0.29) is 17.9 Å². The summed E-state index contributed by atoms with van der Waals surface area (Å²) in [5.41, 5.74) is 2.91. The molecule has 6 nitrogen and oxygen atoms in total. The molecule has 0 bridgehead atoms. The maximum absolute atomic E-state index is 14.3. The third-order valence-corrected chi connectivity index (χ3v) is 5.63. The number of fused-ring (bicyclic) bond motifs is 1. The van der Waals surface area contributed by atoms with E-state index in [0.717, 1.165) is 12.1 Å². The van der Waals surface area contributed by atoms with Gasteiger partial charge in [0.05, 0.1) is 21.3 Å². The van der Waals surface area contributed by atoms with Crippen molar-refractivity contribution in [1.82, 2.24) is 0 Å². The molecule has 0 saturated carbocycles. The van der Waals surface area contributed by atoms with Gasteiger partial charge < -0.3 is 29.2 Å². The summed E-state index contributed by atoms with van der Waals surface area (Å²) in [6.45, 7) is 1.73. The summed E-state index contributed by atoms with van der Waals surface area (Å²) in [5.74, 6) is -1.62. The van der Waals surface area contributed by atoms with Crippen LogP contribution >= 0.6 is 0 Å². The molecule has 0 saturated heterocycles. The van der Waals surface area contributed by atoms with Crippen molar-refractivity contribution in [1.29, 1.82) is 0 Å². The maximum Gasteiger partial charge on any atom is 0.203 e. The molecule has 8 heteroatoms. The third kappa shape index (κ3) is 3.67. The fourth-order valence-electron chi connectivity index (χ4n) is 3.97. The second-order valence-electron chi connectivity index (χ2n) is 7.43. The Balaban J connectivity index is 2.08. The van der Waals surface area contributed by atoms with Crippen LogP contribution in [0.1, 0.15) is 22.3 Å². The van der Waals surface area contributed by atoms with Gasteiger partial charge in [0.25, 0.3) is 0 Å². The van der Waals surface area contributed by atoms with Gasteiger partial charge in [-0.05, 0) is 54.4 Å². The molecular formula is C25H22F2O6. The lowest BCUT2D eigenvalue weighted by molar-refractivity contribution is 0.324. The second kappa shape index (κ2) is 8.54. The second-order valence-corrected chi connectivity index (χ2v) is 7.43. The SMILES string of the molecule is COc1cc(C2=C(c3cc(F)c(O)c(F)c3)c3ccc(O)c(C)c3OC2)cc(OC)c1OC. The number of benzene rings is 3. The van der Waals surface area contributed by atoms with Crippen LogP contribution in [0.15, 0.2) is 36.4 Å². The van der Waals surface area contributed by atoms with Crippen molar-refractivity contribution < 1.29 is 37.9 Å². The minimum absolute atomic E-state index is 0.0346. The Kier molecular flexibility index (Phi) is 5.76. The number of aromatic hydroxyl groups is 2. The Hall–Kier alpha value is -3.94. The third-order valence-electron chi connectivity index (χ3n) is 5.63. The largest absolute Gasteiger partial charge is 0.508 e. The first-order valence-electron chi connectivity index (χ1n) is 9.98. The van der Waals surface area contributed by atoms with Crippen molar-refractivity contribution in [2.45, 2.75) is 6.92 Å². The molecule has 3 aromatic rings. The van der Waals surface area contributed by atoms with Gasteiger partial charge in [-0.25, -0.2) is 8.78 Å². The van der Waals surface area contributed by atoms with E-state index >= 15 is 0 Å². The lowest BCUT2D eigenvalue weighted by Gasteiger charge is -2.27. The smallest absolute Gasteiger partial charge is 0.203 e. The highest BCUT2D eigenvalue weighted by Gasteiger charge is 2.28. The lowest BCUT2D eigenvalue weighted by Crippen LogP contribution is -2.13. The summed E-state index contributed by atoms with van der Waals surface area (Å²) in [6, 6.07) is 8.65. The van der Waals surface area contributed by atoms with E-state index in [2.05, 4.69) is 0 Å². The van der Waals surface area contributed by atoms with E-state index in [4.69, 9.17) is 18.9 Å². The number of phenolic OH excluding ortho intramolecular Hbond substituents is 2. The van der Waals surface area contributed by atoms with E-state index in [9.17, 15) is 19.0 Å². The molecule has 0 aliphatic carbocycles. The molecule has 0 spiro atoms. The van der Waals surface area contributed by atoms with Crippen LogP contribution < -0.4 is 18.9 Å². The molecule has 0 unspecified atom stereocenters. The Morgan fingerprint density at radius 2 is 1.45 bits per heavy atom. The number of rotatable bonds is 5. The van der Waals surface area contributed by atoms with Crippen molar-refractivity contribution >= 4 is 11.1 Å². The topological polar surface area (TPSA) is 77.4 Å². The number of methoxy groups -OCH3 is 3. The fourth-order valence-corrected chi connectivity index (χ4v) is 3.97. The summed E-state index contributed by atoms with van der Waals surface area (Å²) in [7, 11) is 4.46. The van der Waals surface area contributed by atoms with E-state index in [0.29, 0.717) is 50.8 Å². The average molecular weight is 456 g/mol. The van der Waals surface area contributed by atoms with Crippen LogP contribution in [0.5, 0.6) is 34.5 Å². The van der Waals surface area contributed by atoms with Gasteiger partial charge in [0, 0.05) is 22.3 Å². The number of hydrogen-bond donors (Lipinski definition) is 2. The first kappa shape index (κ1) is 22.3. The minimum atomic E-state index is -1.09. The predicted octanol–water partition coefficient (Wildman–Crippen LogP) is 5.06. The molecule has 172 valence electrons. The first-order valence-corrected chi connectivity index (χ1v) is 9.98. The molecule has 1 aliphatic heterocycles. The molecule has 3 aromatic carbocycles. The maximum atomic E-state index is 14.3. The normalized spacial score (nSPS) is 12.8. The van der Waals surface area contributed by atoms with E-state index in [1.807, 2.05) is 0 Å². The summed E-state index contributed by atoms with van der Waals surface area (Å²) < 4.78 is 51.0. The summed E-state index contributed by atoms with van der Waals surface area (Å²) in [4.78, 5) is 0. The van der Waals surface area contributed by atoms with Gasteiger partial charge >= 0.3 is 0 Å². The number of ether oxygens (including phenoxy) is 4. The highest BCUT2D eigenvalue weighted by molar-refractivity contribution is 6.02. The van der Waals surface area contributed by atoms with Crippen LogP contribution in [0, 0.1) is 18.6 Å². The van der Waals surface area contributed by atoms with Crippen molar-refractivity contribution in [3.05, 3.63) is 70.3 Å². The Morgan fingerprint density at radius 1 is 0.848 bits per heavy atom. The van der Waals surface area contributed by atoms with Crippen LogP contribution in [0.4, 0.5) is 8.78 Å². The van der Waals surface area contributed by atoms with Crippen LogP contribution in [-0.2, 0) is 0 Å². The van der Waals surface area contributed by atoms with Gasteiger partial charge in [0.1, 0.15) is 18.1 Å². The quantitative estimate of drug-likeness (QED) is 0.559. The zero-order valence-electron chi connectivity index (χ0n) is 18.5. The Morgan fingerprint density at radius 3 is 2.00 bits per heavy atom. The fraction of sp³-hybridized carbons (Fsp3) is 0.200. The monoisotopic (exact) mass is 456 g/mol. The zero-order chi connectivity index (χ0) is 23.9. The molecule has 1 heterocycles. The molecule has 0 radical (unpaired) electrons. The van der Waals surface area contributed by atoms with Crippen LogP contribution in [0.2, 0.25) is 0 Å². The molecule has 1 aliphatic rings. The minimum Gasteiger partial charge on any atom is -0.508 e. The average Bonchev–Trinajstić information content (AvgIpc) is 2.82. The van der Waals surface area contributed by atoms with Crippen molar-refractivity contribution in [2.75, 3.05) is 27.9 Å². The highest BCUT2D eigenvalue weighted by Crippen LogP contribution is 2.47. The molecule has 0 aromatic heterocycles. The molecule has 4 rings (SSSR count). The van der Waals surface area contributed by atoms with Gasteiger partial charge in [0.15, 0.2) is 28.9 Å². The number of hydrogen-bond acceptors (Lipinski definition) is 6. The van der Waals surface area contributed by atoms with Gasteiger partial charge in [-0.15, -0.1) is 0 Å². The molecule has 0 amide bonds. The number of halogens is 2. The van der Waals surface area contributed by atoms with E-state index in [1.54, 1.807) is 25.1 Å². The summed E-state index contributed by atoms with van der Waals surface area (Å²) in [5, 5.41) is 19.7. The zero-order valence-corrected chi connectivity index (χ0v) is 18.5. The van der Waals surface area contributed by atoms with Crippen LogP contribution in [0.3, 0.4) is 0 Å². The molecule has 0 atom stereocenters. The highest BCUT2D eigenvalue weighted by atomic mass is 19.1. The standard InChI is InChI=1S/C25H22F2O6/c1-12-19(28)6-5-15-22(14-7-17(26)23(29)18(27)8-14)16(11-33-24(12)15)13-9-20(30-2)25(32-4)21(10-13)31-3/h5-10,28-29H,11H2,1-4H3. The molecule has 0 fully saturated rings. The Labute approximate surface area is 189 Å². The summed E-state index contributed by atoms with van der Waals surface area (Å²) in [6.07, 6.45) is 0. The van der Waals surface area contributed by atoms with E-state index in [1.165, 1.54) is 27.4 Å². The lowest BCUT2D eigenvalue weighted by atomic mass is 9.86. The molecule has 2 N–H and O–H groups in total. The van der Waals surface area contributed by atoms with Gasteiger partial charge in [0.2, 0.25) is 5.75 Å². The molecular weight excluding hydrogens is 434 g/mol. The van der Waals surface area contributed by atoms with Crippen molar-refractivity contribution in [3.8, 4) is 34.5 Å². The van der Waals surface area contributed by atoms with Crippen molar-refractivity contribution in [3.63, 3.8) is 0 Å². The van der Waals surface area contributed by atoms with Crippen LogP contribution in [0.25, 0.3) is 11.1 Å². The molecule has 33 heavy (non-hydrogen) atoms. The Bertz CT molecular complexity index is 1230. The summed E-state index contributed by atoms with van der Waals surface area (Å²) >= 11 is 0. The van der Waals surface area contributed by atoms with Gasteiger partial charge in [-0.1, -0.05) is 0 Å². The van der Waals surface area contributed by atoms with Gasteiger partial charge in [-0.2, -0.15) is 0 Å². The first-order chi connectivity index (χ1) is 15.8.